The van der Waals surface area contributed by atoms with Gasteiger partial charge in [-0.25, -0.2) is 4.98 Å². The zero-order valence-electron chi connectivity index (χ0n) is 13.5. The van der Waals surface area contributed by atoms with E-state index >= 15 is 0 Å². The fourth-order valence-electron chi connectivity index (χ4n) is 2.81. The molecule has 1 N–H and O–H groups in total. The molecule has 0 saturated carbocycles. The van der Waals surface area contributed by atoms with Crippen molar-refractivity contribution in [1.29, 1.82) is 0 Å². The molecule has 3 aromatic rings. The molecule has 1 aromatic carbocycles. The Balaban J connectivity index is 2.15. The molecule has 6 heteroatoms. The second-order valence-electron chi connectivity index (χ2n) is 5.41. The SMILES string of the molecule is COc1cc(OC)cc(C(CC(=O)O)c2cnc3ccccn23)c1. The number of aliphatic carboxylic acids is 1. The van der Waals surface area contributed by atoms with Crippen molar-refractivity contribution in [3.63, 3.8) is 0 Å². The van der Waals surface area contributed by atoms with Crippen LogP contribution in [0.25, 0.3) is 5.65 Å². The van der Waals surface area contributed by atoms with Crippen LogP contribution in [0.3, 0.4) is 0 Å². The van der Waals surface area contributed by atoms with Gasteiger partial charge in [0.1, 0.15) is 17.1 Å². The maximum Gasteiger partial charge on any atom is 0.304 e. The molecule has 0 spiro atoms. The summed E-state index contributed by atoms with van der Waals surface area (Å²) in [6.07, 6.45) is 3.54. The van der Waals surface area contributed by atoms with E-state index in [2.05, 4.69) is 4.98 Å². The van der Waals surface area contributed by atoms with Crippen molar-refractivity contribution in [3.8, 4) is 11.5 Å². The third-order valence-electron chi connectivity index (χ3n) is 3.96. The van der Waals surface area contributed by atoms with Gasteiger partial charge in [0, 0.05) is 24.4 Å². The number of rotatable bonds is 6. The van der Waals surface area contributed by atoms with Gasteiger partial charge in [-0.15, -0.1) is 0 Å². The average Bonchev–Trinajstić information content (AvgIpc) is 3.02. The summed E-state index contributed by atoms with van der Waals surface area (Å²) in [5, 5.41) is 9.38. The van der Waals surface area contributed by atoms with E-state index in [1.54, 1.807) is 26.5 Å². The lowest BCUT2D eigenvalue weighted by molar-refractivity contribution is -0.137. The highest BCUT2D eigenvalue weighted by molar-refractivity contribution is 5.69. The Morgan fingerprint density at radius 1 is 1.21 bits per heavy atom. The van der Waals surface area contributed by atoms with Gasteiger partial charge in [-0.05, 0) is 29.8 Å². The van der Waals surface area contributed by atoms with E-state index in [1.807, 2.05) is 40.9 Å². The minimum atomic E-state index is -0.882. The summed E-state index contributed by atoms with van der Waals surface area (Å²) >= 11 is 0. The highest BCUT2D eigenvalue weighted by Crippen LogP contribution is 2.34. The summed E-state index contributed by atoms with van der Waals surface area (Å²) in [5.41, 5.74) is 2.39. The molecule has 2 heterocycles. The van der Waals surface area contributed by atoms with Crippen molar-refractivity contribution in [1.82, 2.24) is 9.38 Å². The molecule has 24 heavy (non-hydrogen) atoms. The van der Waals surface area contributed by atoms with Gasteiger partial charge in [0.25, 0.3) is 0 Å². The van der Waals surface area contributed by atoms with E-state index in [1.165, 1.54) is 0 Å². The molecule has 3 rings (SSSR count). The first-order valence-electron chi connectivity index (χ1n) is 7.49. The van der Waals surface area contributed by atoms with Crippen molar-refractivity contribution >= 4 is 11.6 Å². The third-order valence-corrected chi connectivity index (χ3v) is 3.96. The molecule has 0 aliphatic heterocycles. The number of carboxylic acid groups (broad SMARTS) is 1. The summed E-state index contributed by atoms with van der Waals surface area (Å²) in [6, 6.07) is 11.1. The molecule has 0 aliphatic carbocycles. The molecule has 124 valence electrons. The van der Waals surface area contributed by atoms with E-state index in [9.17, 15) is 9.90 Å². The highest BCUT2D eigenvalue weighted by atomic mass is 16.5. The van der Waals surface area contributed by atoms with E-state index in [-0.39, 0.29) is 12.3 Å². The molecular formula is C18H18N2O4. The Morgan fingerprint density at radius 2 is 1.92 bits per heavy atom. The van der Waals surface area contributed by atoms with Crippen LogP contribution in [-0.2, 0) is 4.79 Å². The molecule has 2 aromatic heterocycles. The van der Waals surface area contributed by atoms with Crippen LogP contribution in [0.15, 0.2) is 48.8 Å². The number of ether oxygens (including phenoxy) is 2. The summed E-state index contributed by atoms with van der Waals surface area (Å²) < 4.78 is 12.5. The van der Waals surface area contributed by atoms with Gasteiger partial charge < -0.3 is 19.0 Å². The largest absolute Gasteiger partial charge is 0.497 e. The van der Waals surface area contributed by atoms with E-state index in [0.29, 0.717) is 11.5 Å². The summed E-state index contributed by atoms with van der Waals surface area (Å²) in [4.78, 5) is 15.8. The molecule has 0 radical (unpaired) electrons. The van der Waals surface area contributed by atoms with Crippen LogP contribution in [0.1, 0.15) is 23.6 Å². The second kappa shape index (κ2) is 6.62. The molecule has 0 amide bonds. The van der Waals surface area contributed by atoms with Gasteiger partial charge in [0.2, 0.25) is 0 Å². The normalized spacial score (nSPS) is 12.1. The van der Waals surface area contributed by atoms with E-state index < -0.39 is 5.97 Å². The summed E-state index contributed by atoms with van der Waals surface area (Å²) in [7, 11) is 3.14. The molecule has 0 bridgehead atoms. The number of hydrogen-bond acceptors (Lipinski definition) is 4. The van der Waals surface area contributed by atoms with Gasteiger partial charge in [-0.2, -0.15) is 0 Å². The van der Waals surface area contributed by atoms with E-state index in [0.717, 1.165) is 16.9 Å². The van der Waals surface area contributed by atoms with Crippen molar-refractivity contribution in [2.45, 2.75) is 12.3 Å². The van der Waals surface area contributed by atoms with Crippen LogP contribution in [0, 0.1) is 0 Å². The lowest BCUT2D eigenvalue weighted by atomic mass is 9.92. The van der Waals surface area contributed by atoms with Crippen LogP contribution < -0.4 is 9.47 Å². The van der Waals surface area contributed by atoms with Crippen LogP contribution in [0.2, 0.25) is 0 Å². The Kier molecular flexibility index (Phi) is 4.37. The Labute approximate surface area is 139 Å². The fourth-order valence-corrected chi connectivity index (χ4v) is 2.81. The molecule has 1 unspecified atom stereocenters. The predicted octanol–water partition coefficient (Wildman–Crippen LogP) is 2.96. The van der Waals surface area contributed by atoms with Gasteiger partial charge in [0.15, 0.2) is 0 Å². The first-order chi connectivity index (χ1) is 11.6. The molecule has 6 nitrogen and oxygen atoms in total. The van der Waals surface area contributed by atoms with Gasteiger partial charge in [-0.1, -0.05) is 6.07 Å². The lowest BCUT2D eigenvalue weighted by Gasteiger charge is -2.17. The fraction of sp³-hybridized carbons (Fsp3) is 0.222. The van der Waals surface area contributed by atoms with Crippen LogP contribution in [-0.4, -0.2) is 34.7 Å². The minimum absolute atomic E-state index is 0.0565. The minimum Gasteiger partial charge on any atom is -0.497 e. The number of hydrogen-bond donors (Lipinski definition) is 1. The molecule has 0 saturated heterocycles. The number of carboxylic acids is 1. The maximum absolute atomic E-state index is 11.4. The summed E-state index contributed by atoms with van der Waals surface area (Å²) in [6.45, 7) is 0. The van der Waals surface area contributed by atoms with Crippen molar-refractivity contribution in [2.24, 2.45) is 0 Å². The van der Waals surface area contributed by atoms with Gasteiger partial charge >= 0.3 is 5.97 Å². The zero-order valence-corrected chi connectivity index (χ0v) is 13.5. The number of fused-ring (bicyclic) bond motifs is 1. The van der Waals surface area contributed by atoms with Gasteiger partial charge in [0.05, 0.1) is 26.3 Å². The number of imidazole rings is 1. The van der Waals surface area contributed by atoms with Crippen molar-refractivity contribution < 1.29 is 19.4 Å². The monoisotopic (exact) mass is 326 g/mol. The maximum atomic E-state index is 11.4. The highest BCUT2D eigenvalue weighted by Gasteiger charge is 2.23. The predicted molar refractivity (Wildman–Crippen MR) is 88.8 cm³/mol. The number of benzene rings is 1. The second-order valence-corrected chi connectivity index (χ2v) is 5.41. The van der Waals surface area contributed by atoms with Gasteiger partial charge in [-0.3, -0.25) is 4.79 Å². The Morgan fingerprint density at radius 3 is 2.54 bits per heavy atom. The number of carbonyl (C=O) groups is 1. The van der Waals surface area contributed by atoms with Crippen molar-refractivity contribution in [2.75, 3.05) is 14.2 Å². The summed E-state index contributed by atoms with van der Waals surface area (Å²) in [5.74, 6) is -0.0151. The standard InChI is InChI=1S/C18H18N2O4/c1-23-13-7-12(8-14(9-13)24-2)15(10-18(21)22)16-11-19-17-5-3-4-6-20(16)17/h3-9,11,15H,10H2,1-2H3,(H,21,22). The number of pyridine rings is 1. The van der Waals surface area contributed by atoms with Crippen LogP contribution in [0.4, 0.5) is 0 Å². The number of nitrogens with zero attached hydrogens (tertiary/aromatic N) is 2. The lowest BCUT2D eigenvalue weighted by Crippen LogP contribution is -2.10. The first kappa shape index (κ1) is 15.9. The quantitative estimate of drug-likeness (QED) is 0.754. The van der Waals surface area contributed by atoms with Crippen LogP contribution in [0.5, 0.6) is 11.5 Å². The third kappa shape index (κ3) is 3.03. The molecule has 1 atom stereocenters. The zero-order chi connectivity index (χ0) is 17.1. The van der Waals surface area contributed by atoms with Crippen molar-refractivity contribution in [3.05, 3.63) is 60.0 Å². The molecule has 0 aliphatic rings. The smallest absolute Gasteiger partial charge is 0.304 e. The number of aromatic nitrogens is 2. The Hall–Kier alpha value is -3.02. The first-order valence-corrected chi connectivity index (χ1v) is 7.49. The van der Waals surface area contributed by atoms with E-state index in [4.69, 9.17) is 9.47 Å². The average molecular weight is 326 g/mol. The Bertz CT molecular complexity index is 850. The number of methoxy groups -OCH3 is 2. The topological polar surface area (TPSA) is 73.1 Å². The van der Waals surface area contributed by atoms with Crippen LogP contribution >= 0.6 is 0 Å². The molecule has 0 fully saturated rings. The molecular weight excluding hydrogens is 308 g/mol.